The molecule has 31 heavy (non-hydrogen) atoms. The number of pyridine rings is 1. The number of thioether (sulfide) groups is 1. The lowest BCUT2D eigenvalue weighted by molar-refractivity contribution is -0.120. The van der Waals surface area contributed by atoms with Crippen LogP contribution in [0, 0.1) is 0 Å². The molecule has 3 N–H and O–H groups in total. The highest BCUT2D eigenvalue weighted by Gasteiger charge is 2.11. The second-order valence-corrected chi connectivity index (χ2v) is 7.04. The number of ether oxygens (including phenoxy) is 1. The van der Waals surface area contributed by atoms with Crippen molar-refractivity contribution in [1.29, 1.82) is 0 Å². The van der Waals surface area contributed by atoms with Gasteiger partial charge in [0.2, 0.25) is 5.88 Å². The van der Waals surface area contributed by atoms with Crippen molar-refractivity contribution < 1.29 is 23.1 Å². The minimum atomic E-state index is -2.50. The fourth-order valence-corrected chi connectivity index (χ4v) is 2.89. The zero-order valence-corrected chi connectivity index (χ0v) is 16.9. The number of amidine groups is 1. The van der Waals surface area contributed by atoms with Gasteiger partial charge in [0.15, 0.2) is 12.4 Å². The van der Waals surface area contributed by atoms with Crippen molar-refractivity contribution in [2.24, 2.45) is 10.9 Å². The van der Waals surface area contributed by atoms with Crippen LogP contribution < -0.4 is 15.8 Å². The maximum absolute atomic E-state index is 12.3. The van der Waals surface area contributed by atoms with Crippen LogP contribution in [0.4, 0.5) is 14.5 Å². The van der Waals surface area contributed by atoms with E-state index in [-0.39, 0.29) is 11.7 Å². The number of anilines is 1. The highest BCUT2D eigenvalue weighted by molar-refractivity contribution is 7.99. The van der Waals surface area contributed by atoms with Crippen LogP contribution in [-0.4, -0.2) is 29.1 Å². The van der Waals surface area contributed by atoms with Crippen LogP contribution in [0.15, 0.2) is 83.0 Å². The van der Waals surface area contributed by atoms with Crippen LogP contribution >= 0.6 is 11.8 Å². The number of oxime groups is 1. The summed E-state index contributed by atoms with van der Waals surface area (Å²) in [5.74, 6) is -2.19. The summed E-state index contributed by atoms with van der Waals surface area (Å²) in [5.41, 5.74) is 6.80. The molecule has 1 aromatic heterocycles. The average molecular weight is 444 g/mol. The van der Waals surface area contributed by atoms with E-state index in [1.165, 1.54) is 24.3 Å². The van der Waals surface area contributed by atoms with E-state index < -0.39 is 18.3 Å². The van der Waals surface area contributed by atoms with Gasteiger partial charge in [0.1, 0.15) is 5.75 Å². The number of amides is 1. The smallest absolute Gasteiger partial charge is 0.288 e. The molecule has 0 radical (unpaired) electrons. The number of aromatic nitrogens is 1. The average Bonchev–Trinajstić information content (AvgIpc) is 2.76. The number of nitrogens with zero attached hydrogens (tertiary/aromatic N) is 2. The Labute approximate surface area is 181 Å². The minimum absolute atomic E-state index is 0.0137. The van der Waals surface area contributed by atoms with E-state index in [0.29, 0.717) is 33.7 Å². The van der Waals surface area contributed by atoms with Gasteiger partial charge in [-0.3, -0.25) is 4.79 Å². The molecule has 0 fully saturated rings. The van der Waals surface area contributed by atoms with Gasteiger partial charge >= 0.3 is 0 Å². The normalized spacial score (nSPS) is 11.3. The standard InChI is InChI=1S/C21H18F2N4O3S/c22-21(23)31-16-10-8-14(9-11-16)26-18(28)13-29-27-19(24)17-7-4-12-25-20(17)30-15-5-2-1-3-6-15/h1-12,21H,13H2,(H2,24,27)(H,26,28). The molecule has 3 aromatic rings. The molecule has 0 bridgehead atoms. The molecule has 0 unspecified atom stereocenters. The molecule has 0 saturated carbocycles. The number of rotatable bonds is 9. The van der Waals surface area contributed by atoms with Gasteiger partial charge in [-0.25, -0.2) is 4.98 Å². The molecular weight excluding hydrogens is 426 g/mol. The fraction of sp³-hybridized carbons (Fsp3) is 0.0952. The SMILES string of the molecule is N/C(=N/OCC(=O)Nc1ccc(SC(F)F)cc1)c1cccnc1Oc1ccccc1. The van der Waals surface area contributed by atoms with Crippen LogP contribution in [0.5, 0.6) is 11.6 Å². The topological polar surface area (TPSA) is 98.8 Å². The molecule has 1 amide bonds. The van der Waals surface area contributed by atoms with Gasteiger partial charge in [0.05, 0.1) is 5.56 Å². The molecule has 0 aliphatic carbocycles. The van der Waals surface area contributed by atoms with E-state index in [9.17, 15) is 13.6 Å². The Morgan fingerprint density at radius 3 is 2.55 bits per heavy atom. The zero-order valence-electron chi connectivity index (χ0n) is 16.1. The Morgan fingerprint density at radius 1 is 1.10 bits per heavy atom. The third-order valence-corrected chi connectivity index (χ3v) is 4.45. The van der Waals surface area contributed by atoms with Gasteiger partial charge in [-0.2, -0.15) is 8.78 Å². The molecule has 10 heteroatoms. The van der Waals surface area contributed by atoms with Gasteiger partial charge < -0.3 is 20.6 Å². The van der Waals surface area contributed by atoms with E-state index in [1.807, 2.05) is 18.2 Å². The predicted octanol–water partition coefficient (Wildman–Crippen LogP) is 4.46. The van der Waals surface area contributed by atoms with Gasteiger partial charge in [-0.15, -0.1) is 0 Å². The van der Waals surface area contributed by atoms with E-state index in [0.717, 1.165) is 0 Å². The zero-order chi connectivity index (χ0) is 22.1. The molecule has 0 aliphatic heterocycles. The number of nitrogens with two attached hydrogens (primary N) is 1. The Morgan fingerprint density at radius 2 is 1.84 bits per heavy atom. The number of hydrogen-bond acceptors (Lipinski definition) is 6. The summed E-state index contributed by atoms with van der Waals surface area (Å²) in [6.07, 6.45) is 1.55. The van der Waals surface area contributed by atoms with Crippen molar-refractivity contribution in [2.45, 2.75) is 10.7 Å². The quantitative estimate of drug-likeness (QED) is 0.219. The van der Waals surface area contributed by atoms with Crippen molar-refractivity contribution in [3.8, 4) is 11.6 Å². The second-order valence-electron chi connectivity index (χ2n) is 5.97. The summed E-state index contributed by atoms with van der Waals surface area (Å²) < 4.78 is 30.4. The number of alkyl halides is 2. The van der Waals surface area contributed by atoms with Gasteiger partial charge in [0, 0.05) is 16.8 Å². The summed E-state index contributed by atoms with van der Waals surface area (Å²) in [7, 11) is 0. The molecule has 0 spiro atoms. The summed E-state index contributed by atoms with van der Waals surface area (Å²) >= 11 is 0.425. The van der Waals surface area contributed by atoms with E-state index in [1.54, 1.807) is 30.5 Å². The van der Waals surface area contributed by atoms with E-state index >= 15 is 0 Å². The van der Waals surface area contributed by atoms with Gasteiger partial charge in [-0.1, -0.05) is 35.1 Å². The minimum Gasteiger partial charge on any atom is -0.438 e. The van der Waals surface area contributed by atoms with Crippen molar-refractivity contribution in [3.05, 3.63) is 78.5 Å². The second kappa shape index (κ2) is 10.9. The summed E-state index contributed by atoms with van der Waals surface area (Å²) in [6, 6.07) is 18.4. The molecule has 1 heterocycles. The maximum atomic E-state index is 12.3. The number of carbonyl (C=O) groups is 1. The van der Waals surface area contributed by atoms with Crippen LogP contribution in [0.1, 0.15) is 5.56 Å². The number of nitrogens with one attached hydrogen (secondary N) is 1. The van der Waals surface area contributed by atoms with Crippen LogP contribution in [0.3, 0.4) is 0 Å². The number of halogens is 2. The van der Waals surface area contributed by atoms with Gasteiger partial charge in [-0.05, 0) is 48.5 Å². The number of hydrogen-bond donors (Lipinski definition) is 2. The largest absolute Gasteiger partial charge is 0.438 e. The van der Waals surface area contributed by atoms with Crippen LogP contribution in [0.25, 0.3) is 0 Å². The lowest BCUT2D eigenvalue weighted by Gasteiger charge is -2.09. The van der Waals surface area contributed by atoms with Crippen molar-refractivity contribution in [3.63, 3.8) is 0 Å². The number of carbonyl (C=O) groups excluding carboxylic acids is 1. The highest BCUT2D eigenvalue weighted by atomic mass is 32.2. The summed E-state index contributed by atoms with van der Waals surface area (Å²) in [5, 5.41) is 6.32. The molecule has 0 aliphatic rings. The van der Waals surface area contributed by atoms with E-state index in [2.05, 4.69) is 15.5 Å². The lowest BCUT2D eigenvalue weighted by atomic mass is 10.2. The maximum Gasteiger partial charge on any atom is 0.288 e. The van der Waals surface area contributed by atoms with Gasteiger partial charge in [0.25, 0.3) is 11.7 Å². The van der Waals surface area contributed by atoms with Crippen LogP contribution in [0.2, 0.25) is 0 Å². The number of para-hydroxylation sites is 1. The molecule has 0 atom stereocenters. The van der Waals surface area contributed by atoms with Crippen LogP contribution in [-0.2, 0) is 9.63 Å². The molecule has 160 valence electrons. The van der Waals surface area contributed by atoms with Crippen molar-refractivity contribution in [2.75, 3.05) is 11.9 Å². The molecule has 2 aromatic carbocycles. The first-order valence-corrected chi connectivity index (χ1v) is 9.87. The summed E-state index contributed by atoms with van der Waals surface area (Å²) in [4.78, 5) is 21.6. The Hall–Kier alpha value is -3.66. The van der Waals surface area contributed by atoms with Crippen molar-refractivity contribution in [1.82, 2.24) is 4.98 Å². The molecule has 3 rings (SSSR count). The monoisotopic (exact) mass is 444 g/mol. The molecular formula is C21H18F2N4O3S. The first-order valence-electron chi connectivity index (χ1n) is 8.99. The van der Waals surface area contributed by atoms with E-state index in [4.69, 9.17) is 15.3 Å². The fourth-order valence-electron chi connectivity index (χ4n) is 2.39. The Bertz CT molecular complexity index is 1030. The first kappa shape index (κ1) is 22.0. The predicted molar refractivity (Wildman–Crippen MR) is 114 cm³/mol. The lowest BCUT2D eigenvalue weighted by Crippen LogP contribution is -2.20. The Balaban J connectivity index is 1.55. The first-order chi connectivity index (χ1) is 15.0. The third kappa shape index (κ3) is 6.96. The highest BCUT2D eigenvalue weighted by Crippen LogP contribution is 2.26. The molecule has 0 saturated heterocycles. The summed E-state index contributed by atoms with van der Waals surface area (Å²) in [6.45, 7) is -0.399. The van der Waals surface area contributed by atoms with Crippen molar-refractivity contribution >= 4 is 29.2 Å². The Kier molecular flexibility index (Phi) is 7.77. The number of benzene rings is 2. The third-order valence-electron chi connectivity index (χ3n) is 3.73. The molecule has 7 nitrogen and oxygen atoms in total.